The van der Waals surface area contributed by atoms with Crippen LogP contribution in [-0.4, -0.2) is 44.1 Å². The molecule has 0 spiro atoms. The fraction of sp³-hybridized carbons (Fsp3) is 0.292. The molecule has 2 aromatic carbocycles. The largest absolute Gasteiger partial charge is 0.453 e. The Kier molecular flexibility index (Phi) is 7.96. The Morgan fingerprint density at radius 2 is 1.62 bits per heavy atom. The number of guanidine groups is 1. The molecule has 178 valence electrons. The van der Waals surface area contributed by atoms with E-state index in [1.54, 1.807) is 30.3 Å². The van der Waals surface area contributed by atoms with Crippen molar-refractivity contribution in [1.82, 2.24) is 5.32 Å². The Hall–Kier alpha value is -4.21. The topological polar surface area (TPSA) is 138 Å². The fourth-order valence-corrected chi connectivity index (χ4v) is 3.75. The molecule has 0 unspecified atom stereocenters. The van der Waals surface area contributed by atoms with E-state index in [9.17, 15) is 19.2 Å². The van der Waals surface area contributed by atoms with E-state index >= 15 is 0 Å². The third kappa shape index (κ3) is 5.58. The van der Waals surface area contributed by atoms with Gasteiger partial charge in [0, 0.05) is 17.0 Å². The average Bonchev–Trinajstić information content (AvgIpc) is 3.40. The number of nitrogens with one attached hydrogen (secondary N) is 3. The first-order valence-electron chi connectivity index (χ1n) is 10.7. The van der Waals surface area contributed by atoms with Gasteiger partial charge in [-0.25, -0.2) is 14.5 Å². The smallest absolute Gasteiger partial charge is 0.421 e. The molecule has 3 amide bonds. The molecular formula is C24H26N4O6. The van der Waals surface area contributed by atoms with Gasteiger partial charge in [-0.2, -0.15) is 0 Å². The van der Waals surface area contributed by atoms with Crippen LogP contribution in [0.2, 0.25) is 0 Å². The molecule has 0 atom stereocenters. The number of ketones is 1. The van der Waals surface area contributed by atoms with Crippen molar-refractivity contribution in [3.05, 3.63) is 59.7 Å². The standard InChI is InChI=1S/C24H26N4O6/c1-33-23(31)27-22(25)28(24(32)34-2)19-14-17(20(29)15-8-4-3-5-9-15)12-13-18(19)26-21(30)16-10-6-7-11-16/h3-5,8-9,12-14,16H,6-7,10-11H2,1-2H3,(H,26,30)(H2,25,27,31). The first kappa shape index (κ1) is 24.4. The molecule has 1 saturated carbocycles. The summed E-state index contributed by atoms with van der Waals surface area (Å²) in [6.07, 6.45) is 1.43. The Morgan fingerprint density at radius 3 is 2.24 bits per heavy atom. The Bertz CT molecular complexity index is 1100. The Labute approximate surface area is 196 Å². The van der Waals surface area contributed by atoms with Crippen molar-refractivity contribution in [2.24, 2.45) is 5.92 Å². The van der Waals surface area contributed by atoms with E-state index in [2.05, 4.69) is 15.4 Å². The van der Waals surface area contributed by atoms with Crippen LogP contribution in [0.15, 0.2) is 48.5 Å². The first-order chi connectivity index (χ1) is 16.3. The molecule has 10 heteroatoms. The molecule has 0 radical (unpaired) electrons. The predicted molar refractivity (Wildman–Crippen MR) is 125 cm³/mol. The SMILES string of the molecule is COC(=O)NC(=N)N(C(=O)OC)c1cc(C(=O)c2ccccc2)ccc1NC(=O)C1CCCC1. The van der Waals surface area contributed by atoms with Crippen LogP contribution in [0.25, 0.3) is 0 Å². The van der Waals surface area contributed by atoms with Crippen LogP contribution in [0.1, 0.15) is 41.6 Å². The second-order valence-corrected chi connectivity index (χ2v) is 7.67. The van der Waals surface area contributed by atoms with Gasteiger partial charge >= 0.3 is 12.2 Å². The highest BCUT2D eigenvalue weighted by Crippen LogP contribution is 2.32. The molecule has 3 rings (SSSR count). The van der Waals surface area contributed by atoms with Crippen LogP contribution in [-0.2, 0) is 14.3 Å². The molecule has 2 aromatic rings. The minimum atomic E-state index is -1.01. The molecule has 10 nitrogen and oxygen atoms in total. The van der Waals surface area contributed by atoms with Crippen LogP contribution in [0.4, 0.5) is 21.0 Å². The molecule has 0 aromatic heterocycles. The first-order valence-corrected chi connectivity index (χ1v) is 10.7. The van der Waals surface area contributed by atoms with E-state index in [-0.39, 0.29) is 34.5 Å². The molecule has 0 aliphatic heterocycles. The van der Waals surface area contributed by atoms with Gasteiger partial charge < -0.3 is 14.8 Å². The van der Waals surface area contributed by atoms with Gasteiger partial charge in [-0.15, -0.1) is 0 Å². The third-order valence-corrected chi connectivity index (χ3v) is 5.51. The molecule has 0 saturated heterocycles. The summed E-state index contributed by atoms with van der Waals surface area (Å²) in [5.41, 5.74) is 0.799. The zero-order valence-corrected chi connectivity index (χ0v) is 18.9. The lowest BCUT2D eigenvalue weighted by Crippen LogP contribution is -2.47. The number of hydrogen-bond donors (Lipinski definition) is 3. The highest BCUT2D eigenvalue weighted by molar-refractivity contribution is 6.19. The molecule has 0 heterocycles. The van der Waals surface area contributed by atoms with E-state index in [4.69, 9.17) is 10.1 Å². The number of anilines is 2. The Morgan fingerprint density at radius 1 is 0.941 bits per heavy atom. The minimum Gasteiger partial charge on any atom is -0.453 e. The van der Waals surface area contributed by atoms with Gasteiger partial charge in [-0.1, -0.05) is 43.2 Å². The number of rotatable bonds is 5. The highest BCUT2D eigenvalue weighted by atomic mass is 16.5. The van der Waals surface area contributed by atoms with Crippen molar-refractivity contribution in [2.75, 3.05) is 24.4 Å². The fourth-order valence-electron chi connectivity index (χ4n) is 3.75. The predicted octanol–water partition coefficient (Wildman–Crippen LogP) is 3.91. The normalized spacial score (nSPS) is 13.0. The van der Waals surface area contributed by atoms with Crippen molar-refractivity contribution >= 4 is 41.2 Å². The number of amides is 3. The maximum Gasteiger partial charge on any atom is 0.421 e. The maximum absolute atomic E-state index is 13.0. The van der Waals surface area contributed by atoms with Gasteiger partial charge in [0.05, 0.1) is 25.6 Å². The van der Waals surface area contributed by atoms with E-state index < -0.39 is 18.1 Å². The second-order valence-electron chi connectivity index (χ2n) is 7.67. The molecular weight excluding hydrogens is 440 g/mol. The second kappa shape index (κ2) is 11.1. The van der Waals surface area contributed by atoms with Crippen LogP contribution in [0.5, 0.6) is 0 Å². The molecule has 1 aliphatic rings. The van der Waals surface area contributed by atoms with E-state index in [0.717, 1.165) is 44.8 Å². The van der Waals surface area contributed by atoms with Crippen molar-refractivity contribution in [1.29, 1.82) is 5.41 Å². The van der Waals surface area contributed by atoms with Gasteiger partial charge in [-0.05, 0) is 31.0 Å². The third-order valence-electron chi connectivity index (χ3n) is 5.51. The van der Waals surface area contributed by atoms with Gasteiger partial charge in [0.2, 0.25) is 11.9 Å². The molecule has 1 fully saturated rings. The zero-order valence-electron chi connectivity index (χ0n) is 18.9. The number of nitrogens with zero attached hydrogens (tertiary/aromatic N) is 1. The Balaban J connectivity index is 2.06. The zero-order chi connectivity index (χ0) is 24.7. The van der Waals surface area contributed by atoms with E-state index in [1.165, 1.54) is 18.2 Å². The van der Waals surface area contributed by atoms with E-state index in [0.29, 0.717) is 5.56 Å². The summed E-state index contributed by atoms with van der Waals surface area (Å²) in [5, 5.41) is 13.2. The number of ether oxygens (including phenoxy) is 2. The number of carbonyl (C=O) groups is 4. The lowest BCUT2D eigenvalue weighted by atomic mass is 10.0. The number of alkyl carbamates (subject to hydrolysis) is 1. The number of benzene rings is 2. The van der Waals surface area contributed by atoms with Crippen molar-refractivity contribution in [2.45, 2.75) is 25.7 Å². The van der Waals surface area contributed by atoms with Crippen molar-refractivity contribution in [3.8, 4) is 0 Å². The summed E-state index contributed by atoms with van der Waals surface area (Å²) in [6.45, 7) is 0. The average molecular weight is 466 g/mol. The molecule has 3 N–H and O–H groups in total. The lowest BCUT2D eigenvalue weighted by Gasteiger charge is -2.25. The maximum atomic E-state index is 13.0. The van der Waals surface area contributed by atoms with Crippen LogP contribution in [0.3, 0.4) is 0 Å². The lowest BCUT2D eigenvalue weighted by molar-refractivity contribution is -0.119. The summed E-state index contributed by atoms with van der Waals surface area (Å²) in [6, 6.07) is 12.9. The van der Waals surface area contributed by atoms with Crippen molar-refractivity contribution < 1.29 is 28.7 Å². The summed E-state index contributed by atoms with van der Waals surface area (Å²) >= 11 is 0. The molecule has 1 aliphatic carbocycles. The summed E-state index contributed by atoms with van der Waals surface area (Å²) in [7, 11) is 2.22. The van der Waals surface area contributed by atoms with Gasteiger partial charge in [-0.3, -0.25) is 20.3 Å². The van der Waals surface area contributed by atoms with Crippen LogP contribution in [0, 0.1) is 11.3 Å². The molecule has 34 heavy (non-hydrogen) atoms. The number of carbonyl (C=O) groups excluding carboxylic acids is 4. The van der Waals surface area contributed by atoms with Crippen molar-refractivity contribution in [3.63, 3.8) is 0 Å². The van der Waals surface area contributed by atoms with Gasteiger partial charge in [0.15, 0.2) is 5.78 Å². The van der Waals surface area contributed by atoms with Crippen LogP contribution < -0.4 is 15.5 Å². The van der Waals surface area contributed by atoms with E-state index in [1.807, 2.05) is 0 Å². The minimum absolute atomic E-state index is 0.0126. The highest BCUT2D eigenvalue weighted by Gasteiger charge is 2.29. The quantitative estimate of drug-likeness (QED) is 0.347. The number of methoxy groups -OCH3 is 2. The summed E-state index contributed by atoms with van der Waals surface area (Å²) in [5.74, 6) is -1.40. The number of hydrogen-bond acceptors (Lipinski definition) is 7. The van der Waals surface area contributed by atoms with Crippen LogP contribution >= 0.6 is 0 Å². The van der Waals surface area contributed by atoms with Gasteiger partial charge in [0.25, 0.3) is 0 Å². The summed E-state index contributed by atoms with van der Waals surface area (Å²) < 4.78 is 9.31. The molecule has 0 bridgehead atoms. The van der Waals surface area contributed by atoms with Gasteiger partial charge in [0.1, 0.15) is 0 Å². The monoisotopic (exact) mass is 466 g/mol. The summed E-state index contributed by atoms with van der Waals surface area (Å²) in [4.78, 5) is 50.9.